The number of hydrogen-bond donors (Lipinski definition) is 1. The molecule has 0 atom stereocenters. The lowest BCUT2D eigenvalue weighted by molar-refractivity contribution is -0.132. The van der Waals surface area contributed by atoms with Crippen LogP contribution in [0.5, 0.6) is 0 Å². The Bertz CT molecular complexity index is 697. The number of ether oxygens (including phenoxy) is 1. The van der Waals surface area contributed by atoms with Crippen LogP contribution in [-0.2, 0) is 14.3 Å². The quantitative estimate of drug-likeness (QED) is 0.268. The van der Waals surface area contributed by atoms with Crippen LogP contribution in [0.2, 0.25) is 0 Å². The number of carboxylic acids is 1. The van der Waals surface area contributed by atoms with Crippen molar-refractivity contribution in [2.24, 2.45) is 0 Å². The van der Waals surface area contributed by atoms with Gasteiger partial charge in [0.1, 0.15) is 5.76 Å². The molecule has 0 amide bonds. The van der Waals surface area contributed by atoms with Gasteiger partial charge in [-0.05, 0) is 34.4 Å². The molecule has 0 unspecified atom stereocenters. The van der Waals surface area contributed by atoms with Gasteiger partial charge in [0.25, 0.3) is 6.47 Å². The molecule has 0 bridgehead atoms. The Morgan fingerprint density at radius 3 is 1.33 bits per heavy atom. The standard InChI is InChI=1S/C20H20O4/c1-14(16(3)9-10-18(5)20(22)23)7-8-15(2)17(4)11-12-19(6)24-13-21/h7-13H,1-6H2,(H,22,23)/b8-7-,10-9-,12-11-. The van der Waals surface area contributed by atoms with E-state index in [-0.39, 0.29) is 17.8 Å². The topological polar surface area (TPSA) is 63.6 Å². The maximum atomic E-state index is 10.6. The van der Waals surface area contributed by atoms with Gasteiger partial charge in [-0.1, -0.05) is 63.8 Å². The molecule has 0 aliphatic heterocycles. The van der Waals surface area contributed by atoms with Crippen molar-refractivity contribution >= 4 is 12.4 Å². The van der Waals surface area contributed by atoms with Gasteiger partial charge in [-0.25, -0.2) is 4.79 Å². The Morgan fingerprint density at radius 1 is 0.667 bits per heavy atom. The lowest BCUT2D eigenvalue weighted by atomic mass is 10.0. The van der Waals surface area contributed by atoms with Crippen LogP contribution in [-0.4, -0.2) is 17.5 Å². The summed E-state index contributed by atoms with van der Waals surface area (Å²) in [4.78, 5) is 20.8. The van der Waals surface area contributed by atoms with Crippen molar-refractivity contribution in [1.82, 2.24) is 0 Å². The first-order chi connectivity index (χ1) is 11.2. The molecule has 0 aliphatic rings. The van der Waals surface area contributed by atoms with Crippen molar-refractivity contribution in [3.63, 3.8) is 0 Å². The highest BCUT2D eigenvalue weighted by atomic mass is 16.5. The predicted octanol–water partition coefficient (Wildman–Crippen LogP) is 4.21. The third-order valence-corrected chi connectivity index (χ3v) is 2.74. The second-order valence-corrected chi connectivity index (χ2v) is 4.61. The van der Waals surface area contributed by atoms with Crippen LogP contribution >= 0.6 is 0 Å². The van der Waals surface area contributed by atoms with Crippen molar-refractivity contribution in [3.05, 3.63) is 110 Å². The van der Waals surface area contributed by atoms with E-state index in [0.29, 0.717) is 22.3 Å². The summed E-state index contributed by atoms with van der Waals surface area (Å²) in [7, 11) is 0. The number of carbonyl (C=O) groups excluding carboxylic acids is 1. The maximum absolute atomic E-state index is 10.6. The van der Waals surface area contributed by atoms with Gasteiger partial charge in [-0.2, -0.15) is 0 Å². The van der Waals surface area contributed by atoms with Gasteiger partial charge in [-0.15, -0.1) is 0 Å². The zero-order valence-corrected chi connectivity index (χ0v) is 13.5. The Kier molecular flexibility index (Phi) is 8.88. The average Bonchev–Trinajstić information content (AvgIpc) is 2.54. The van der Waals surface area contributed by atoms with Crippen molar-refractivity contribution in [3.8, 4) is 0 Å². The molecule has 0 aromatic heterocycles. The van der Waals surface area contributed by atoms with Gasteiger partial charge in [-0.3, -0.25) is 4.79 Å². The first-order valence-electron chi connectivity index (χ1n) is 6.71. The van der Waals surface area contributed by atoms with Gasteiger partial charge in [0.05, 0.1) is 5.57 Å². The fourth-order valence-corrected chi connectivity index (χ4v) is 1.20. The van der Waals surface area contributed by atoms with Gasteiger partial charge in [0, 0.05) is 0 Å². The number of hydrogen-bond acceptors (Lipinski definition) is 3. The number of carbonyl (C=O) groups is 2. The summed E-state index contributed by atoms with van der Waals surface area (Å²) < 4.78 is 4.53. The molecule has 4 heteroatoms. The maximum Gasteiger partial charge on any atom is 0.335 e. The highest BCUT2D eigenvalue weighted by Crippen LogP contribution is 2.14. The van der Waals surface area contributed by atoms with E-state index in [2.05, 4.69) is 44.2 Å². The largest absolute Gasteiger partial charge is 0.478 e. The monoisotopic (exact) mass is 324 g/mol. The molecule has 0 spiro atoms. The van der Waals surface area contributed by atoms with Crippen molar-refractivity contribution in [2.75, 3.05) is 0 Å². The van der Waals surface area contributed by atoms with Crippen LogP contribution < -0.4 is 0 Å². The molecule has 1 N–H and O–H groups in total. The number of rotatable bonds is 11. The summed E-state index contributed by atoms with van der Waals surface area (Å²) >= 11 is 0. The van der Waals surface area contributed by atoms with E-state index in [4.69, 9.17) is 5.11 Å². The molecule has 0 aromatic carbocycles. The zero-order chi connectivity index (χ0) is 18.7. The molecule has 0 aliphatic carbocycles. The summed E-state index contributed by atoms with van der Waals surface area (Å²) in [6, 6.07) is 0. The third kappa shape index (κ3) is 8.14. The van der Waals surface area contributed by atoms with Crippen LogP contribution in [0.15, 0.2) is 110 Å². The van der Waals surface area contributed by atoms with Crippen molar-refractivity contribution in [1.29, 1.82) is 0 Å². The van der Waals surface area contributed by atoms with Crippen LogP contribution in [0.25, 0.3) is 0 Å². The van der Waals surface area contributed by atoms with E-state index in [9.17, 15) is 9.59 Å². The summed E-state index contributed by atoms with van der Waals surface area (Å²) in [6.45, 7) is 22.5. The highest BCUT2D eigenvalue weighted by Gasteiger charge is 1.99. The predicted molar refractivity (Wildman–Crippen MR) is 97.0 cm³/mol. The van der Waals surface area contributed by atoms with Crippen molar-refractivity contribution in [2.45, 2.75) is 0 Å². The molecule has 0 saturated heterocycles. The Labute approximate surface area is 142 Å². The summed E-state index contributed by atoms with van der Waals surface area (Å²) in [5.74, 6) is -0.915. The molecule has 0 radical (unpaired) electrons. The summed E-state index contributed by atoms with van der Waals surface area (Å²) in [5, 5.41) is 8.71. The summed E-state index contributed by atoms with van der Waals surface area (Å²) in [5.41, 5.74) is 2.27. The average molecular weight is 324 g/mol. The second kappa shape index (κ2) is 10.3. The van der Waals surface area contributed by atoms with Gasteiger partial charge in [0.15, 0.2) is 0 Å². The molecule has 0 heterocycles. The third-order valence-electron chi connectivity index (χ3n) is 2.74. The normalized spacial score (nSPS) is 10.7. The van der Waals surface area contributed by atoms with E-state index < -0.39 is 5.97 Å². The molecule has 0 aromatic rings. The van der Waals surface area contributed by atoms with Crippen LogP contribution in [0.4, 0.5) is 0 Å². The fourth-order valence-electron chi connectivity index (χ4n) is 1.20. The lowest BCUT2D eigenvalue weighted by Gasteiger charge is -2.02. The minimum atomic E-state index is -1.10. The molecule has 4 nitrogen and oxygen atoms in total. The van der Waals surface area contributed by atoms with Crippen LogP contribution in [0, 0.1) is 0 Å². The SMILES string of the molecule is C=C(/C=C\C(=C)C(=C)/C=C\C(=C)C(=C)/C=C\C(=C)C(=O)O)OC=O. The van der Waals surface area contributed by atoms with E-state index >= 15 is 0 Å². The molecule has 0 rings (SSSR count). The summed E-state index contributed by atoms with van der Waals surface area (Å²) in [6.07, 6.45) is 9.31. The smallest absolute Gasteiger partial charge is 0.335 e. The van der Waals surface area contributed by atoms with Crippen LogP contribution in [0.3, 0.4) is 0 Å². The van der Waals surface area contributed by atoms with E-state index in [1.54, 1.807) is 18.2 Å². The molecular formula is C20H20O4. The first kappa shape index (κ1) is 20.6. The van der Waals surface area contributed by atoms with Crippen molar-refractivity contribution < 1.29 is 19.4 Å². The van der Waals surface area contributed by atoms with Crippen LogP contribution in [0.1, 0.15) is 0 Å². The molecular weight excluding hydrogens is 304 g/mol. The first-order valence-corrected chi connectivity index (χ1v) is 6.71. The second-order valence-electron chi connectivity index (χ2n) is 4.61. The van der Waals surface area contributed by atoms with Gasteiger partial charge >= 0.3 is 5.97 Å². The van der Waals surface area contributed by atoms with E-state index in [1.807, 2.05) is 0 Å². The highest BCUT2D eigenvalue weighted by molar-refractivity contribution is 5.89. The Hall–Kier alpha value is -3.40. The van der Waals surface area contributed by atoms with Gasteiger partial charge < -0.3 is 9.84 Å². The molecule has 24 heavy (non-hydrogen) atoms. The number of aliphatic carboxylic acids is 1. The lowest BCUT2D eigenvalue weighted by Crippen LogP contribution is -1.95. The fraction of sp³-hybridized carbons (Fsp3) is 0. The minimum absolute atomic E-state index is 0.0476. The molecule has 0 saturated carbocycles. The molecule has 0 fully saturated rings. The zero-order valence-electron chi connectivity index (χ0n) is 13.5. The number of carboxylic acid groups (broad SMARTS) is 1. The Balaban J connectivity index is 4.71. The van der Waals surface area contributed by atoms with E-state index in [1.165, 1.54) is 18.2 Å². The Morgan fingerprint density at radius 2 is 1.00 bits per heavy atom. The number of allylic oxidation sites excluding steroid dienone is 9. The van der Waals surface area contributed by atoms with E-state index in [0.717, 1.165) is 0 Å². The molecule has 124 valence electrons. The minimum Gasteiger partial charge on any atom is -0.478 e. The van der Waals surface area contributed by atoms with Gasteiger partial charge in [0.2, 0.25) is 0 Å².